The molecule has 0 bridgehead atoms. The molecule has 0 saturated carbocycles. The molecule has 0 spiro atoms. The SMILES string of the molecule is CC(NC(=O)c1csnn1)C(=O)N1CCOCC1. The largest absolute Gasteiger partial charge is 0.378 e. The summed E-state index contributed by atoms with van der Waals surface area (Å²) in [6.45, 7) is 3.88. The van der Waals surface area contributed by atoms with Gasteiger partial charge < -0.3 is 15.0 Å². The van der Waals surface area contributed by atoms with Crippen molar-refractivity contribution in [2.75, 3.05) is 26.3 Å². The number of carbonyl (C=O) groups is 2. The van der Waals surface area contributed by atoms with Gasteiger partial charge in [0.15, 0.2) is 5.69 Å². The van der Waals surface area contributed by atoms with Crippen LogP contribution in [0, 0.1) is 0 Å². The molecule has 0 aromatic carbocycles. The number of nitrogens with zero attached hydrogens (tertiary/aromatic N) is 3. The maximum absolute atomic E-state index is 12.0. The van der Waals surface area contributed by atoms with E-state index < -0.39 is 6.04 Å². The molecule has 1 unspecified atom stereocenters. The summed E-state index contributed by atoms with van der Waals surface area (Å²) in [5.74, 6) is -0.479. The van der Waals surface area contributed by atoms with Crippen LogP contribution >= 0.6 is 11.5 Å². The number of morpholine rings is 1. The van der Waals surface area contributed by atoms with Gasteiger partial charge in [-0.3, -0.25) is 9.59 Å². The van der Waals surface area contributed by atoms with Crippen LogP contribution in [0.1, 0.15) is 17.4 Å². The van der Waals surface area contributed by atoms with E-state index in [1.807, 2.05) is 0 Å². The van der Waals surface area contributed by atoms with Crippen LogP contribution in [0.15, 0.2) is 5.38 Å². The molecule has 1 aliphatic rings. The molecule has 2 heterocycles. The number of hydrogen-bond donors (Lipinski definition) is 1. The van der Waals surface area contributed by atoms with Crippen molar-refractivity contribution >= 4 is 23.3 Å². The average Bonchev–Trinajstić information content (AvgIpc) is 2.92. The zero-order valence-corrected chi connectivity index (χ0v) is 10.8. The molecular formula is C10H14N4O3S. The molecule has 1 N–H and O–H groups in total. The fraction of sp³-hybridized carbons (Fsp3) is 0.600. The third-order valence-electron chi connectivity index (χ3n) is 2.63. The number of hydrogen-bond acceptors (Lipinski definition) is 6. The Kier molecular flexibility index (Phi) is 4.21. The normalized spacial score (nSPS) is 17.3. The van der Waals surface area contributed by atoms with E-state index in [0.717, 1.165) is 11.5 Å². The zero-order valence-electron chi connectivity index (χ0n) is 9.96. The molecule has 1 saturated heterocycles. The van der Waals surface area contributed by atoms with Crippen molar-refractivity contribution in [2.45, 2.75) is 13.0 Å². The zero-order chi connectivity index (χ0) is 13.0. The first-order valence-electron chi connectivity index (χ1n) is 5.63. The van der Waals surface area contributed by atoms with E-state index in [1.165, 1.54) is 0 Å². The minimum absolute atomic E-state index is 0.102. The molecule has 1 atom stereocenters. The van der Waals surface area contributed by atoms with Gasteiger partial charge in [0, 0.05) is 18.5 Å². The lowest BCUT2D eigenvalue weighted by atomic mass is 10.2. The van der Waals surface area contributed by atoms with E-state index in [4.69, 9.17) is 4.74 Å². The van der Waals surface area contributed by atoms with Gasteiger partial charge in [-0.05, 0) is 18.5 Å². The topological polar surface area (TPSA) is 84.4 Å². The van der Waals surface area contributed by atoms with Gasteiger partial charge in [-0.2, -0.15) is 0 Å². The van der Waals surface area contributed by atoms with E-state index in [-0.39, 0.29) is 17.5 Å². The van der Waals surface area contributed by atoms with Crippen LogP contribution in [-0.2, 0) is 9.53 Å². The second-order valence-corrected chi connectivity index (χ2v) is 4.53. The van der Waals surface area contributed by atoms with Crippen molar-refractivity contribution in [3.63, 3.8) is 0 Å². The van der Waals surface area contributed by atoms with Gasteiger partial charge in [0.2, 0.25) is 5.91 Å². The number of aromatic nitrogens is 2. The van der Waals surface area contributed by atoms with E-state index in [0.29, 0.717) is 26.3 Å². The van der Waals surface area contributed by atoms with Gasteiger partial charge in [0.1, 0.15) is 6.04 Å². The van der Waals surface area contributed by atoms with Gasteiger partial charge in [0.25, 0.3) is 5.91 Å². The molecule has 0 aliphatic carbocycles. The summed E-state index contributed by atoms with van der Waals surface area (Å²) in [5.41, 5.74) is 0.238. The highest BCUT2D eigenvalue weighted by Crippen LogP contribution is 2.02. The standard InChI is InChI=1S/C10H14N4O3S/c1-7(10(16)14-2-4-17-5-3-14)11-9(15)8-6-18-13-12-8/h6-7H,2-5H2,1H3,(H,11,15). The maximum Gasteiger partial charge on any atom is 0.273 e. The predicted octanol–water partition coefficient (Wildman–Crippen LogP) is -0.485. The monoisotopic (exact) mass is 270 g/mol. The van der Waals surface area contributed by atoms with Gasteiger partial charge >= 0.3 is 0 Å². The second kappa shape index (κ2) is 5.87. The number of rotatable bonds is 3. The fourth-order valence-electron chi connectivity index (χ4n) is 1.65. The van der Waals surface area contributed by atoms with Crippen LogP contribution < -0.4 is 5.32 Å². The summed E-state index contributed by atoms with van der Waals surface area (Å²) >= 11 is 1.10. The molecule has 1 aliphatic heterocycles. The number of nitrogens with one attached hydrogen (secondary N) is 1. The summed E-state index contributed by atoms with van der Waals surface area (Å²) in [4.78, 5) is 25.4. The lowest BCUT2D eigenvalue weighted by Crippen LogP contribution is -2.50. The summed E-state index contributed by atoms with van der Waals surface area (Å²) < 4.78 is 8.78. The third kappa shape index (κ3) is 3.02. The van der Waals surface area contributed by atoms with Crippen molar-refractivity contribution in [1.29, 1.82) is 0 Å². The first kappa shape index (κ1) is 12.9. The fourth-order valence-corrected chi connectivity index (χ4v) is 2.09. The molecule has 0 radical (unpaired) electrons. The summed E-state index contributed by atoms with van der Waals surface area (Å²) in [6, 6.07) is -0.572. The van der Waals surface area contributed by atoms with Crippen LogP contribution in [-0.4, -0.2) is 58.6 Å². The Bertz CT molecular complexity index is 417. The Hall–Kier alpha value is -1.54. The van der Waals surface area contributed by atoms with Gasteiger partial charge in [-0.15, -0.1) is 5.10 Å². The Morgan fingerprint density at radius 2 is 2.22 bits per heavy atom. The predicted molar refractivity (Wildman–Crippen MR) is 64.2 cm³/mol. The van der Waals surface area contributed by atoms with Crippen LogP contribution in [0.5, 0.6) is 0 Å². The lowest BCUT2D eigenvalue weighted by molar-refractivity contribution is -0.136. The smallest absolute Gasteiger partial charge is 0.273 e. The summed E-state index contributed by atoms with van der Waals surface area (Å²) in [6.07, 6.45) is 0. The van der Waals surface area contributed by atoms with Crippen LogP contribution in [0.2, 0.25) is 0 Å². The van der Waals surface area contributed by atoms with Crippen LogP contribution in [0.4, 0.5) is 0 Å². The lowest BCUT2D eigenvalue weighted by Gasteiger charge is -2.29. The highest BCUT2D eigenvalue weighted by Gasteiger charge is 2.24. The minimum Gasteiger partial charge on any atom is -0.378 e. The molecular weight excluding hydrogens is 256 g/mol. The highest BCUT2D eigenvalue weighted by molar-refractivity contribution is 7.03. The molecule has 2 rings (SSSR count). The summed E-state index contributed by atoms with van der Waals surface area (Å²) in [5, 5.41) is 7.81. The summed E-state index contributed by atoms with van der Waals surface area (Å²) in [7, 11) is 0. The Labute approximate surface area is 108 Å². The Balaban J connectivity index is 1.88. The third-order valence-corrected chi connectivity index (χ3v) is 3.14. The van der Waals surface area contributed by atoms with Crippen molar-refractivity contribution in [2.24, 2.45) is 0 Å². The van der Waals surface area contributed by atoms with Crippen LogP contribution in [0.25, 0.3) is 0 Å². The van der Waals surface area contributed by atoms with E-state index in [1.54, 1.807) is 17.2 Å². The molecule has 18 heavy (non-hydrogen) atoms. The van der Waals surface area contributed by atoms with Gasteiger partial charge in [0.05, 0.1) is 13.2 Å². The van der Waals surface area contributed by atoms with Crippen molar-refractivity contribution in [1.82, 2.24) is 19.8 Å². The molecule has 98 valence electrons. The van der Waals surface area contributed by atoms with Crippen molar-refractivity contribution < 1.29 is 14.3 Å². The molecule has 1 aromatic rings. The minimum atomic E-state index is -0.572. The number of ether oxygens (including phenoxy) is 1. The highest BCUT2D eigenvalue weighted by atomic mass is 32.1. The van der Waals surface area contributed by atoms with Gasteiger partial charge in [-0.1, -0.05) is 4.49 Å². The average molecular weight is 270 g/mol. The van der Waals surface area contributed by atoms with E-state index >= 15 is 0 Å². The molecule has 8 heteroatoms. The molecule has 7 nitrogen and oxygen atoms in total. The van der Waals surface area contributed by atoms with Crippen molar-refractivity contribution in [3.05, 3.63) is 11.1 Å². The first-order chi connectivity index (χ1) is 8.68. The molecule has 2 amide bonds. The van der Waals surface area contributed by atoms with Crippen molar-refractivity contribution in [3.8, 4) is 0 Å². The molecule has 1 fully saturated rings. The number of carbonyl (C=O) groups excluding carboxylic acids is 2. The quantitative estimate of drug-likeness (QED) is 0.801. The second-order valence-electron chi connectivity index (χ2n) is 3.92. The Morgan fingerprint density at radius 3 is 2.83 bits per heavy atom. The van der Waals surface area contributed by atoms with Gasteiger partial charge in [-0.25, -0.2) is 0 Å². The van der Waals surface area contributed by atoms with E-state index in [9.17, 15) is 9.59 Å². The Morgan fingerprint density at radius 1 is 1.50 bits per heavy atom. The maximum atomic E-state index is 12.0. The molecule has 1 aromatic heterocycles. The first-order valence-corrected chi connectivity index (χ1v) is 6.46. The number of amides is 2. The van der Waals surface area contributed by atoms with E-state index in [2.05, 4.69) is 14.9 Å². The van der Waals surface area contributed by atoms with Crippen LogP contribution in [0.3, 0.4) is 0 Å².